The average Bonchev–Trinajstić information content (AvgIpc) is 2.33. The van der Waals surface area contributed by atoms with Crippen LogP contribution in [-0.2, 0) is 6.18 Å². The number of pyridine rings is 1. The molecule has 6 heteroatoms. The lowest BCUT2D eigenvalue weighted by Crippen LogP contribution is -2.26. The van der Waals surface area contributed by atoms with Gasteiger partial charge < -0.3 is 5.32 Å². The first-order chi connectivity index (χ1) is 8.50. The van der Waals surface area contributed by atoms with Crippen molar-refractivity contribution in [3.05, 3.63) is 29.6 Å². The fourth-order valence-electron chi connectivity index (χ4n) is 1.68. The highest BCUT2D eigenvalue weighted by Gasteiger charge is 2.35. The first-order valence-electron chi connectivity index (χ1n) is 5.82. The molecule has 0 aromatic carbocycles. The van der Waals surface area contributed by atoms with Crippen LogP contribution in [0.15, 0.2) is 18.5 Å². The van der Waals surface area contributed by atoms with E-state index in [2.05, 4.69) is 10.3 Å². The maximum Gasteiger partial charge on any atom is 0.416 e. The largest absolute Gasteiger partial charge is 0.416 e. The van der Waals surface area contributed by atoms with E-state index in [-0.39, 0.29) is 11.6 Å². The SMILES string of the molecule is CCNC(CSCC)c1cnccc1C(F)(F)F. The van der Waals surface area contributed by atoms with Gasteiger partial charge in [0.15, 0.2) is 0 Å². The maximum atomic E-state index is 12.9. The van der Waals surface area contributed by atoms with Gasteiger partial charge in [0.05, 0.1) is 5.56 Å². The average molecular weight is 278 g/mol. The van der Waals surface area contributed by atoms with Gasteiger partial charge in [0.1, 0.15) is 0 Å². The normalized spacial score (nSPS) is 13.6. The molecule has 0 fully saturated rings. The van der Waals surface area contributed by atoms with Gasteiger partial charge in [0.2, 0.25) is 0 Å². The van der Waals surface area contributed by atoms with Gasteiger partial charge in [-0.05, 0) is 18.4 Å². The van der Waals surface area contributed by atoms with Crippen LogP contribution in [0.3, 0.4) is 0 Å². The second-order valence-electron chi connectivity index (χ2n) is 3.73. The molecule has 1 aromatic heterocycles. The third-order valence-electron chi connectivity index (χ3n) is 2.47. The Labute approximate surface area is 109 Å². The fourth-order valence-corrected chi connectivity index (χ4v) is 2.45. The van der Waals surface area contributed by atoms with Crippen molar-refractivity contribution in [1.82, 2.24) is 10.3 Å². The Hall–Kier alpha value is -0.750. The summed E-state index contributed by atoms with van der Waals surface area (Å²) in [5, 5.41) is 3.09. The number of hydrogen-bond acceptors (Lipinski definition) is 3. The highest BCUT2D eigenvalue weighted by atomic mass is 32.2. The van der Waals surface area contributed by atoms with E-state index in [0.717, 1.165) is 11.8 Å². The molecule has 0 bridgehead atoms. The van der Waals surface area contributed by atoms with Crippen LogP contribution in [0.5, 0.6) is 0 Å². The Morgan fingerprint density at radius 3 is 2.67 bits per heavy atom. The van der Waals surface area contributed by atoms with E-state index in [0.29, 0.717) is 12.3 Å². The van der Waals surface area contributed by atoms with Crippen LogP contribution < -0.4 is 5.32 Å². The standard InChI is InChI=1S/C12H17F3N2S/c1-3-17-11(8-18-4-2)9-7-16-6-5-10(9)12(13,14)15/h5-7,11,17H,3-4,8H2,1-2H3. The van der Waals surface area contributed by atoms with Crippen molar-refractivity contribution < 1.29 is 13.2 Å². The topological polar surface area (TPSA) is 24.9 Å². The molecule has 0 saturated carbocycles. The van der Waals surface area contributed by atoms with Crippen LogP contribution in [0.25, 0.3) is 0 Å². The zero-order chi connectivity index (χ0) is 13.6. The van der Waals surface area contributed by atoms with Crippen molar-refractivity contribution >= 4 is 11.8 Å². The smallest absolute Gasteiger partial charge is 0.309 e. The Balaban J connectivity index is 3.03. The molecule has 1 aromatic rings. The van der Waals surface area contributed by atoms with Crippen molar-refractivity contribution in [3.8, 4) is 0 Å². The summed E-state index contributed by atoms with van der Waals surface area (Å²) in [5.41, 5.74) is -0.368. The molecule has 0 amide bonds. The number of halogens is 3. The fraction of sp³-hybridized carbons (Fsp3) is 0.583. The van der Waals surface area contributed by atoms with Crippen LogP contribution in [0.2, 0.25) is 0 Å². The highest BCUT2D eigenvalue weighted by Crippen LogP contribution is 2.34. The van der Waals surface area contributed by atoms with Crippen molar-refractivity contribution in [1.29, 1.82) is 0 Å². The molecule has 0 aliphatic carbocycles. The molecule has 0 aliphatic heterocycles. The van der Waals surface area contributed by atoms with Crippen molar-refractivity contribution in [2.45, 2.75) is 26.1 Å². The first kappa shape index (κ1) is 15.3. The molecule has 2 nitrogen and oxygen atoms in total. The molecule has 0 aliphatic rings. The number of nitrogens with one attached hydrogen (secondary N) is 1. The van der Waals surface area contributed by atoms with Gasteiger partial charge in [-0.3, -0.25) is 4.98 Å². The van der Waals surface area contributed by atoms with Crippen molar-refractivity contribution in [2.75, 3.05) is 18.1 Å². The number of thioether (sulfide) groups is 1. The van der Waals surface area contributed by atoms with Crippen LogP contribution in [0, 0.1) is 0 Å². The summed E-state index contributed by atoms with van der Waals surface area (Å²) in [6.45, 7) is 4.50. The van der Waals surface area contributed by atoms with Gasteiger partial charge in [-0.15, -0.1) is 0 Å². The molecule has 1 N–H and O–H groups in total. The van der Waals surface area contributed by atoms with Gasteiger partial charge in [0, 0.05) is 29.8 Å². The zero-order valence-electron chi connectivity index (χ0n) is 10.4. The van der Waals surface area contributed by atoms with E-state index in [1.54, 1.807) is 11.8 Å². The van der Waals surface area contributed by atoms with Crippen molar-refractivity contribution in [2.24, 2.45) is 0 Å². The third-order valence-corrected chi connectivity index (χ3v) is 3.45. The lowest BCUT2D eigenvalue weighted by molar-refractivity contribution is -0.138. The molecule has 1 rings (SSSR count). The quantitative estimate of drug-likeness (QED) is 0.862. The molecule has 18 heavy (non-hydrogen) atoms. The summed E-state index contributed by atoms with van der Waals surface area (Å²) in [4.78, 5) is 3.82. The Morgan fingerprint density at radius 2 is 2.11 bits per heavy atom. The molecular formula is C12H17F3N2S. The Morgan fingerprint density at radius 1 is 1.39 bits per heavy atom. The van der Waals surface area contributed by atoms with Gasteiger partial charge in [-0.25, -0.2) is 0 Å². The van der Waals surface area contributed by atoms with Crippen LogP contribution in [-0.4, -0.2) is 23.0 Å². The van der Waals surface area contributed by atoms with E-state index in [4.69, 9.17) is 0 Å². The minimum Gasteiger partial charge on any atom is -0.309 e. The molecule has 0 saturated heterocycles. The van der Waals surface area contributed by atoms with Gasteiger partial charge in [-0.1, -0.05) is 13.8 Å². The minimum atomic E-state index is -4.33. The lowest BCUT2D eigenvalue weighted by atomic mass is 10.0. The minimum absolute atomic E-state index is 0.229. The predicted molar refractivity (Wildman–Crippen MR) is 68.7 cm³/mol. The van der Waals surface area contributed by atoms with E-state index >= 15 is 0 Å². The van der Waals surface area contributed by atoms with E-state index in [1.165, 1.54) is 12.4 Å². The summed E-state index contributed by atoms with van der Waals surface area (Å²) >= 11 is 1.61. The summed E-state index contributed by atoms with van der Waals surface area (Å²) in [5.74, 6) is 1.49. The molecular weight excluding hydrogens is 261 g/mol. The van der Waals surface area contributed by atoms with Crippen LogP contribution in [0.1, 0.15) is 31.0 Å². The second kappa shape index (κ2) is 6.99. The lowest BCUT2D eigenvalue weighted by Gasteiger charge is -2.21. The number of alkyl halides is 3. The van der Waals surface area contributed by atoms with Crippen LogP contribution >= 0.6 is 11.8 Å². The number of rotatable bonds is 6. The number of hydrogen-bond donors (Lipinski definition) is 1. The zero-order valence-corrected chi connectivity index (χ0v) is 11.2. The van der Waals surface area contributed by atoms with E-state index in [9.17, 15) is 13.2 Å². The summed E-state index contributed by atoms with van der Waals surface area (Å²) < 4.78 is 38.7. The molecule has 0 spiro atoms. The molecule has 0 radical (unpaired) electrons. The molecule has 102 valence electrons. The molecule has 1 atom stereocenters. The Bertz CT molecular complexity index is 369. The summed E-state index contributed by atoms with van der Waals surface area (Å²) in [6, 6.07) is 0.723. The van der Waals surface area contributed by atoms with Gasteiger partial charge in [-0.2, -0.15) is 24.9 Å². The van der Waals surface area contributed by atoms with Crippen LogP contribution in [0.4, 0.5) is 13.2 Å². The monoisotopic (exact) mass is 278 g/mol. The highest BCUT2D eigenvalue weighted by molar-refractivity contribution is 7.99. The second-order valence-corrected chi connectivity index (χ2v) is 5.05. The van der Waals surface area contributed by atoms with Gasteiger partial charge >= 0.3 is 6.18 Å². The third kappa shape index (κ3) is 4.17. The Kier molecular flexibility index (Phi) is 5.95. The number of nitrogens with zero attached hydrogens (tertiary/aromatic N) is 1. The summed E-state index contributed by atoms with van der Waals surface area (Å²) in [6.07, 6.45) is -1.84. The first-order valence-corrected chi connectivity index (χ1v) is 6.98. The molecule has 1 heterocycles. The molecule has 1 unspecified atom stereocenters. The van der Waals surface area contributed by atoms with Crippen molar-refractivity contribution in [3.63, 3.8) is 0 Å². The summed E-state index contributed by atoms with van der Waals surface area (Å²) in [7, 11) is 0. The van der Waals surface area contributed by atoms with E-state index in [1.807, 2.05) is 13.8 Å². The van der Waals surface area contributed by atoms with E-state index < -0.39 is 11.7 Å². The number of aromatic nitrogens is 1. The van der Waals surface area contributed by atoms with Gasteiger partial charge in [0.25, 0.3) is 0 Å². The predicted octanol–water partition coefficient (Wildman–Crippen LogP) is 3.50. The maximum absolute atomic E-state index is 12.9.